The minimum atomic E-state index is -0.351. The Bertz CT molecular complexity index is 946. The average Bonchev–Trinajstić information content (AvgIpc) is 2.74. The summed E-state index contributed by atoms with van der Waals surface area (Å²) in [6.45, 7) is 0.604. The zero-order valence-corrected chi connectivity index (χ0v) is 17.2. The van der Waals surface area contributed by atoms with Gasteiger partial charge >= 0.3 is 0 Å². The van der Waals surface area contributed by atoms with Crippen molar-refractivity contribution in [2.45, 2.75) is 12.3 Å². The summed E-state index contributed by atoms with van der Waals surface area (Å²) in [5.74, 6) is 0.240. The molecule has 6 heteroatoms. The molecule has 3 aromatic rings. The number of carbonyl (C=O) groups is 1. The van der Waals surface area contributed by atoms with Gasteiger partial charge in [0, 0.05) is 0 Å². The number of nitrogens with one attached hydrogen (secondary N) is 1. The highest BCUT2D eigenvalue weighted by molar-refractivity contribution is 6.42. The van der Waals surface area contributed by atoms with Crippen LogP contribution in [0.4, 0.5) is 0 Å². The molecule has 0 unspecified atom stereocenters. The second-order valence-corrected chi connectivity index (χ2v) is 7.31. The summed E-state index contributed by atoms with van der Waals surface area (Å²) in [7, 11) is 0. The number of hydrogen-bond acceptors (Lipinski definition) is 3. The Morgan fingerprint density at radius 1 is 0.966 bits per heavy atom. The molecule has 0 fully saturated rings. The zero-order chi connectivity index (χ0) is 20.6. The number of benzene rings is 3. The fraction of sp³-hybridized carbons (Fsp3) is 0.174. The van der Waals surface area contributed by atoms with E-state index in [-0.39, 0.29) is 24.2 Å². The molecule has 2 N–H and O–H groups in total. The maximum atomic E-state index is 12.9. The van der Waals surface area contributed by atoms with E-state index in [9.17, 15) is 9.90 Å². The molecule has 0 saturated carbocycles. The Balaban J connectivity index is 1.62. The van der Waals surface area contributed by atoms with Crippen LogP contribution in [-0.2, 0) is 11.2 Å². The van der Waals surface area contributed by atoms with Gasteiger partial charge in [-0.25, -0.2) is 0 Å². The molecule has 29 heavy (non-hydrogen) atoms. The number of rotatable bonds is 8. The summed E-state index contributed by atoms with van der Waals surface area (Å²) >= 11 is 12.1. The van der Waals surface area contributed by atoms with Crippen LogP contribution in [0.2, 0.25) is 10.0 Å². The Morgan fingerprint density at radius 2 is 1.69 bits per heavy atom. The van der Waals surface area contributed by atoms with E-state index in [2.05, 4.69) is 5.32 Å². The predicted molar refractivity (Wildman–Crippen MR) is 116 cm³/mol. The molecule has 1 atom stereocenters. The maximum Gasteiger partial charge on any atom is 0.227 e. The van der Waals surface area contributed by atoms with E-state index in [1.165, 1.54) is 0 Å². The van der Waals surface area contributed by atoms with Gasteiger partial charge in [-0.1, -0.05) is 71.7 Å². The largest absolute Gasteiger partial charge is 0.508 e. The highest BCUT2D eigenvalue weighted by Gasteiger charge is 2.21. The van der Waals surface area contributed by atoms with Crippen molar-refractivity contribution < 1.29 is 14.6 Å². The van der Waals surface area contributed by atoms with Crippen LogP contribution in [0, 0.1) is 0 Å². The van der Waals surface area contributed by atoms with Crippen molar-refractivity contribution in [2.75, 3.05) is 13.2 Å². The maximum absolute atomic E-state index is 12.9. The minimum absolute atomic E-state index is 0.0925. The molecule has 0 bridgehead atoms. The highest BCUT2D eigenvalue weighted by Crippen LogP contribution is 2.31. The second-order valence-electron chi connectivity index (χ2n) is 6.53. The number of halogens is 2. The number of aromatic hydroxyl groups is 1. The predicted octanol–water partition coefficient (Wildman–Crippen LogP) is 5.22. The molecule has 150 valence electrons. The highest BCUT2D eigenvalue weighted by atomic mass is 35.5. The van der Waals surface area contributed by atoms with Crippen molar-refractivity contribution in [3.05, 3.63) is 94.0 Å². The number of amides is 1. The van der Waals surface area contributed by atoms with E-state index in [0.717, 1.165) is 11.1 Å². The fourth-order valence-electron chi connectivity index (χ4n) is 2.97. The van der Waals surface area contributed by atoms with Gasteiger partial charge in [0.1, 0.15) is 23.1 Å². The lowest BCUT2D eigenvalue weighted by molar-refractivity contribution is -0.122. The molecule has 0 aliphatic carbocycles. The van der Waals surface area contributed by atoms with Crippen molar-refractivity contribution in [3.63, 3.8) is 0 Å². The number of ether oxygens (including phenoxy) is 1. The van der Waals surface area contributed by atoms with Gasteiger partial charge in [-0.15, -0.1) is 0 Å². The second kappa shape index (κ2) is 10.2. The first-order valence-electron chi connectivity index (χ1n) is 9.22. The Morgan fingerprint density at radius 3 is 2.41 bits per heavy atom. The summed E-state index contributed by atoms with van der Waals surface area (Å²) < 4.78 is 5.63. The molecule has 0 saturated heterocycles. The van der Waals surface area contributed by atoms with Crippen LogP contribution in [0.15, 0.2) is 72.8 Å². The van der Waals surface area contributed by atoms with Crippen LogP contribution in [0.5, 0.6) is 11.5 Å². The van der Waals surface area contributed by atoms with Crippen LogP contribution in [-0.4, -0.2) is 24.2 Å². The Hall–Kier alpha value is -2.69. The normalized spacial score (nSPS) is 11.7. The van der Waals surface area contributed by atoms with E-state index >= 15 is 0 Å². The van der Waals surface area contributed by atoms with E-state index in [1.54, 1.807) is 30.3 Å². The molecular weight excluding hydrogens is 409 g/mol. The molecule has 3 rings (SSSR count). The lowest BCUT2D eigenvalue weighted by Gasteiger charge is -2.18. The molecule has 0 heterocycles. The fourth-order valence-corrected chi connectivity index (χ4v) is 3.32. The number of phenols is 1. The molecular formula is C23H21Cl2NO3. The standard InChI is InChI=1S/C23H21Cl2NO3/c24-20-7-4-8-21(22(20)25)29-14-13-26-23(28)19(17-5-2-1-3-6-17)15-16-9-11-18(27)12-10-16/h1-12,19,27H,13-15H2,(H,26,28)/t19-/m1/s1. The van der Waals surface area contributed by atoms with Crippen LogP contribution >= 0.6 is 23.2 Å². The third kappa shape index (κ3) is 5.89. The van der Waals surface area contributed by atoms with Gasteiger partial charge in [-0.3, -0.25) is 4.79 Å². The Labute approximate surface area is 180 Å². The van der Waals surface area contributed by atoms with Gasteiger partial charge in [-0.2, -0.15) is 0 Å². The topological polar surface area (TPSA) is 58.6 Å². The summed E-state index contributed by atoms with van der Waals surface area (Å²) in [4.78, 5) is 12.9. The van der Waals surface area contributed by atoms with Gasteiger partial charge < -0.3 is 15.2 Å². The smallest absolute Gasteiger partial charge is 0.227 e. The number of hydrogen-bond donors (Lipinski definition) is 2. The van der Waals surface area contributed by atoms with Crippen LogP contribution in [0.25, 0.3) is 0 Å². The van der Waals surface area contributed by atoms with Crippen molar-refractivity contribution in [1.29, 1.82) is 0 Å². The van der Waals surface area contributed by atoms with Gasteiger partial charge in [0.2, 0.25) is 5.91 Å². The molecule has 0 spiro atoms. The summed E-state index contributed by atoms with van der Waals surface area (Å²) in [6, 6.07) is 21.7. The minimum Gasteiger partial charge on any atom is -0.508 e. The number of phenolic OH excluding ortho intramolecular Hbond substituents is 1. The van der Waals surface area contributed by atoms with Crippen LogP contribution in [0.3, 0.4) is 0 Å². The third-order valence-corrected chi connectivity index (χ3v) is 5.27. The van der Waals surface area contributed by atoms with E-state index < -0.39 is 0 Å². The summed E-state index contributed by atoms with van der Waals surface area (Å²) in [6.07, 6.45) is 0.525. The van der Waals surface area contributed by atoms with E-state index in [4.69, 9.17) is 27.9 Å². The summed E-state index contributed by atoms with van der Waals surface area (Å²) in [5.41, 5.74) is 1.89. The quantitative estimate of drug-likeness (QED) is 0.482. The zero-order valence-electron chi connectivity index (χ0n) is 15.6. The van der Waals surface area contributed by atoms with E-state index in [0.29, 0.717) is 28.8 Å². The first kappa shape index (κ1) is 21.0. The summed E-state index contributed by atoms with van der Waals surface area (Å²) in [5, 5.41) is 13.2. The third-order valence-electron chi connectivity index (χ3n) is 4.47. The van der Waals surface area contributed by atoms with E-state index in [1.807, 2.05) is 42.5 Å². The lowest BCUT2D eigenvalue weighted by Crippen LogP contribution is -2.33. The molecule has 4 nitrogen and oxygen atoms in total. The molecule has 3 aromatic carbocycles. The molecule has 0 aliphatic heterocycles. The average molecular weight is 430 g/mol. The van der Waals surface area contributed by atoms with Crippen molar-refractivity contribution >= 4 is 29.1 Å². The SMILES string of the molecule is O=C(NCCOc1cccc(Cl)c1Cl)[C@H](Cc1ccc(O)cc1)c1ccccc1. The van der Waals surface area contributed by atoms with Gasteiger partial charge in [-0.05, 0) is 41.8 Å². The van der Waals surface area contributed by atoms with Crippen molar-refractivity contribution in [2.24, 2.45) is 0 Å². The molecule has 0 aromatic heterocycles. The molecule has 0 radical (unpaired) electrons. The number of carbonyl (C=O) groups excluding carboxylic acids is 1. The molecule has 0 aliphatic rings. The van der Waals surface area contributed by atoms with Crippen molar-refractivity contribution in [3.8, 4) is 11.5 Å². The Kier molecular flexibility index (Phi) is 7.39. The first-order chi connectivity index (χ1) is 14.0. The van der Waals surface area contributed by atoms with Gasteiger partial charge in [0.15, 0.2) is 0 Å². The molecule has 1 amide bonds. The lowest BCUT2D eigenvalue weighted by atomic mass is 9.91. The monoisotopic (exact) mass is 429 g/mol. The first-order valence-corrected chi connectivity index (χ1v) is 9.97. The van der Waals surface area contributed by atoms with Crippen LogP contribution < -0.4 is 10.1 Å². The van der Waals surface area contributed by atoms with Gasteiger partial charge in [0.25, 0.3) is 0 Å². The van der Waals surface area contributed by atoms with Gasteiger partial charge in [0.05, 0.1) is 17.5 Å². The van der Waals surface area contributed by atoms with Crippen molar-refractivity contribution in [1.82, 2.24) is 5.32 Å². The van der Waals surface area contributed by atoms with Crippen LogP contribution in [0.1, 0.15) is 17.0 Å².